The number of nitrogens with zero attached hydrogens (tertiary/aromatic N) is 3. The highest BCUT2D eigenvalue weighted by molar-refractivity contribution is 8.00. The molecular weight excluding hydrogens is 469 g/mol. The van der Waals surface area contributed by atoms with Crippen LogP contribution in [-0.2, 0) is 16.7 Å². The van der Waals surface area contributed by atoms with Gasteiger partial charge in [0.2, 0.25) is 11.7 Å². The Morgan fingerprint density at radius 1 is 0.939 bits per heavy atom. The van der Waals surface area contributed by atoms with Crippen LogP contribution in [-0.4, -0.2) is 26.6 Å². The fourth-order valence-electron chi connectivity index (χ4n) is 2.94. The summed E-state index contributed by atoms with van der Waals surface area (Å²) in [6.07, 6.45) is -2.94. The van der Waals surface area contributed by atoms with Crippen LogP contribution in [0.15, 0.2) is 83.0 Å². The normalized spacial score (nSPS) is 11.5. The number of carbonyl (C=O) groups excluding carboxylic acids is 1. The van der Waals surface area contributed by atoms with Gasteiger partial charge in [-0.15, -0.1) is 11.8 Å². The van der Waals surface area contributed by atoms with E-state index in [1.807, 2.05) is 36.4 Å². The maximum atomic E-state index is 13.2. The minimum absolute atomic E-state index is 0.0920. The van der Waals surface area contributed by atoms with Crippen molar-refractivity contribution in [1.82, 2.24) is 15.0 Å². The molecule has 0 aliphatic heterocycles. The number of rotatable bonds is 7. The van der Waals surface area contributed by atoms with Crippen molar-refractivity contribution >= 4 is 46.0 Å². The van der Waals surface area contributed by atoms with E-state index in [1.54, 1.807) is 42.2 Å². The maximum Gasteiger partial charge on any atom is 0.451 e. The average Bonchev–Trinajstić information content (AvgIpc) is 2.81. The molecule has 0 aliphatic carbocycles. The second-order valence-corrected chi connectivity index (χ2v) is 8.82. The third-order valence-corrected chi connectivity index (χ3v) is 6.40. The summed E-state index contributed by atoms with van der Waals surface area (Å²) < 4.78 is 39.5. The maximum absolute atomic E-state index is 13.2. The molecule has 0 atom stereocenters. The van der Waals surface area contributed by atoms with Gasteiger partial charge in [0.1, 0.15) is 5.03 Å². The summed E-state index contributed by atoms with van der Waals surface area (Å²) in [5.41, 5.74) is 1.80. The quantitative estimate of drug-likeness (QED) is 0.253. The van der Waals surface area contributed by atoms with E-state index < -0.39 is 12.0 Å². The Bertz CT molecular complexity index is 1270. The molecule has 2 heterocycles. The lowest BCUT2D eigenvalue weighted by molar-refractivity contribution is -0.145. The summed E-state index contributed by atoms with van der Waals surface area (Å²) in [7, 11) is 0. The van der Waals surface area contributed by atoms with Gasteiger partial charge in [-0.2, -0.15) is 13.2 Å². The molecule has 0 fully saturated rings. The Labute approximate surface area is 196 Å². The minimum Gasteiger partial charge on any atom is -0.325 e. The number of halogens is 3. The Morgan fingerprint density at radius 2 is 1.76 bits per heavy atom. The number of fused-ring (bicyclic) bond motifs is 1. The van der Waals surface area contributed by atoms with E-state index in [9.17, 15) is 18.0 Å². The van der Waals surface area contributed by atoms with Crippen LogP contribution in [0, 0.1) is 0 Å². The smallest absolute Gasteiger partial charge is 0.325 e. The fourth-order valence-corrected chi connectivity index (χ4v) is 4.57. The van der Waals surface area contributed by atoms with E-state index in [4.69, 9.17) is 0 Å². The summed E-state index contributed by atoms with van der Waals surface area (Å²) in [4.78, 5) is 24.0. The highest BCUT2D eigenvalue weighted by Gasteiger charge is 2.35. The zero-order valence-corrected chi connectivity index (χ0v) is 18.7. The van der Waals surface area contributed by atoms with Crippen LogP contribution in [0.1, 0.15) is 11.4 Å². The Morgan fingerprint density at radius 3 is 2.55 bits per heavy atom. The number of hydrogen-bond donors (Lipinski definition) is 1. The Hall–Kier alpha value is -3.11. The molecule has 33 heavy (non-hydrogen) atoms. The standard InChI is InChI=1S/C23H17F3N4OS2/c24-23(25,26)22-29-18-9-2-1-8-17(18)21(30-22)33-14-19(31)28-16-7-5-6-15(12-16)13-32-20-10-3-4-11-27-20/h1-12H,13-14H2,(H,28,31). The van der Waals surface area contributed by atoms with Crippen LogP contribution in [0.5, 0.6) is 0 Å². The van der Waals surface area contributed by atoms with Crippen LogP contribution >= 0.6 is 23.5 Å². The van der Waals surface area contributed by atoms with Gasteiger partial charge in [0, 0.05) is 23.0 Å². The number of benzene rings is 2. The molecule has 1 amide bonds. The van der Waals surface area contributed by atoms with E-state index in [1.165, 1.54) is 6.07 Å². The number of hydrogen-bond acceptors (Lipinski definition) is 6. The van der Waals surface area contributed by atoms with Gasteiger partial charge in [-0.25, -0.2) is 15.0 Å². The van der Waals surface area contributed by atoms with Gasteiger partial charge in [0.25, 0.3) is 0 Å². The number of thioether (sulfide) groups is 2. The lowest BCUT2D eigenvalue weighted by atomic mass is 10.2. The van der Waals surface area contributed by atoms with Gasteiger partial charge in [0.05, 0.1) is 16.3 Å². The molecule has 0 radical (unpaired) electrons. The first-order valence-corrected chi connectivity index (χ1v) is 11.7. The van der Waals surface area contributed by atoms with Crippen molar-refractivity contribution in [2.45, 2.75) is 22.0 Å². The largest absolute Gasteiger partial charge is 0.451 e. The van der Waals surface area contributed by atoms with Crippen LogP contribution in [0.4, 0.5) is 18.9 Å². The van der Waals surface area contributed by atoms with Crippen LogP contribution < -0.4 is 5.32 Å². The first-order chi connectivity index (χ1) is 15.9. The SMILES string of the molecule is O=C(CSc1nc(C(F)(F)F)nc2ccccc12)Nc1cccc(CSc2ccccn2)c1. The van der Waals surface area contributed by atoms with Gasteiger partial charge in [0.15, 0.2) is 0 Å². The topological polar surface area (TPSA) is 67.8 Å². The lowest BCUT2D eigenvalue weighted by Gasteiger charge is -2.11. The van der Waals surface area contributed by atoms with Gasteiger partial charge in [-0.1, -0.05) is 48.2 Å². The molecule has 0 spiro atoms. The van der Waals surface area contributed by atoms with Crippen molar-refractivity contribution in [3.63, 3.8) is 0 Å². The number of nitrogens with one attached hydrogen (secondary N) is 1. The second-order valence-electron chi connectivity index (χ2n) is 6.86. The van der Waals surface area contributed by atoms with Crippen LogP contribution in [0.3, 0.4) is 0 Å². The summed E-state index contributed by atoms with van der Waals surface area (Å²) in [6, 6.07) is 19.5. The highest BCUT2D eigenvalue weighted by atomic mass is 32.2. The predicted octanol–water partition coefficient (Wildman–Crippen LogP) is 6.07. The molecule has 0 unspecified atom stereocenters. The first-order valence-electron chi connectivity index (χ1n) is 9.78. The average molecular weight is 487 g/mol. The van der Waals surface area contributed by atoms with Gasteiger partial charge in [-0.3, -0.25) is 4.79 Å². The molecule has 0 bridgehead atoms. The number of aromatic nitrogens is 3. The molecule has 0 aliphatic rings. The van der Waals surface area contributed by atoms with Gasteiger partial charge >= 0.3 is 6.18 Å². The van der Waals surface area contributed by atoms with E-state index >= 15 is 0 Å². The Kier molecular flexibility index (Phi) is 7.14. The van der Waals surface area contributed by atoms with Crippen molar-refractivity contribution in [2.24, 2.45) is 0 Å². The Balaban J connectivity index is 1.41. The van der Waals surface area contributed by atoms with E-state index in [0.717, 1.165) is 22.4 Å². The van der Waals surface area contributed by atoms with E-state index in [-0.39, 0.29) is 22.2 Å². The summed E-state index contributed by atoms with van der Waals surface area (Å²) in [5.74, 6) is -0.971. The highest BCUT2D eigenvalue weighted by Crippen LogP contribution is 2.32. The van der Waals surface area contributed by atoms with Crippen molar-refractivity contribution in [2.75, 3.05) is 11.1 Å². The molecular formula is C23H17F3N4OS2. The molecule has 2 aromatic heterocycles. The fraction of sp³-hybridized carbons (Fsp3) is 0.130. The third-order valence-electron chi connectivity index (χ3n) is 4.40. The third kappa shape index (κ3) is 6.23. The molecule has 168 valence electrons. The molecule has 0 saturated heterocycles. The minimum atomic E-state index is -4.67. The number of amides is 1. The number of anilines is 1. The summed E-state index contributed by atoms with van der Waals surface area (Å²) >= 11 is 2.52. The molecule has 0 saturated carbocycles. The molecule has 4 aromatic rings. The van der Waals surface area contributed by atoms with Gasteiger partial charge < -0.3 is 5.32 Å². The molecule has 4 rings (SSSR count). The van der Waals surface area contributed by atoms with Crippen molar-refractivity contribution in [3.05, 3.63) is 84.3 Å². The molecule has 10 heteroatoms. The monoisotopic (exact) mass is 486 g/mol. The predicted molar refractivity (Wildman–Crippen MR) is 124 cm³/mol. The lowest BCUT2D eigenvalue weighted by Crippen LogP contribution is -2.15. The van der Waals surface area contributed by atoms with Crippen molar-refractivity contribution in [1.29, 1.82) is 0 Å². The summed E-state index contributed by atoms with van der Waals surface area (Å²) in [5, 5.41) is 4.28. The zero-order chi connectivity index (χ0) is 23.3. The summed E-state index contributed by atoms with van der Waals surface area (Å²) in [6.45, 7) is 0. The van der Waals surface area contributed by atoms with Crippen molar-refractivity contribution in [3.8, 4) is 0 Å². The van der Waals surface area contributed by atoms with E-state index in [0.29, 0.717) is 16.8 Å². The van der Waals surface area contributed by atoms with Gasteiger partial charge in [-0.05, 0) is 35.9 Å². The van der Waals surface area contributed by atoms with Crippen molar-refractivity contribution < 1.29 is 18.0 Å². The van der Waals surface area contributed by atoms with Crippen LogP contribution in [0.25, 0.3) is 10.9 Å². The number of alkyl halides is 3. The number of carbonyl (C=O) groups is 1. The second kappa shape index (κ2) is 10.2. The molecule has 2 aromatic carbocycles. The zero-order valence-electron chi connectivity index (χ0n) is 17.0. The number of para-hydroxylation sites is 1. The van der Waals surface area contributed by atoms with Crippen LogP contribution in [0.2, 0.25) is 0 Å². The molecule has 1 N–H and O–H groups in total. The first kappa shape index (κ1) is 23.1. The molecule has 5 nitrogen and oxygen atoms in total. The van der Waals surface area contributed by atoms with E-state index in [2.05, 4.69) is 20.3 Å². The number of pyridine rings is 1.